The molecule has 2 rings (SSSR count). The van der Waals surface area contributed by atoms with Crippen LogP contribution in [0.3, 0.4) is 0 Å². The largest absolute Gasteiger partial charge is 0.396 e. The molecule has 96 valence electrons. The van der Waals surface area contributed by atoms with E-state index < -0.39 is 0 Å². The van der Waals surface area contributed by atoms with Crippen LogP contribution in [-0.4, -0.2) is 21.5 Å². The minimum Gasteiger partial charge on any atom is -0.396 e. The van der Waals surface area contributed by atoms with Gasteiger partial charge in [-0.2, -0.15) is 5.10 Å². The third-order valence-electron chi connectivity index (χ3n) is 3.29. The number of rotatable bonds is 3. The second-order valence-corrected chi connectivity index (χ2v) is 4.82. The van der Waals surface area contributed by atoms with E-state index in [1.54, 1.807) is 4.68 Å². The number of hydrogen-bond acceptors (Lipinski definition) is 2. The van der Waals surface area contributed by atoms with E-state index in [2.05, 4.69) is 25.0 Å². The number of benzene rings is 1. The molecule has 0 bridgehead atoms. The van der Waals surface area contributed by atoms with Crippen LogP contribution in [0.25, 0.3) is 5.69 Å². The van der Waals surface area contributed by atoms with Gasteiger partial charge < -0.3 is 5.11 Å². The molecule has 0 amide bonds. The van der Waals surface area contributed by atoms with E-state index in [1.165, 1.54) is 5.56 Å². The average Bonchev–Trinajstić information content (AvgIpc) is 2.61. The second kappa shape index (κ2) is 5.12. The number of aliphatic hydroxyl groups is 1. The molecule has 0 aliphatic heterocycles. The van der Waals surface area contributed by atoms with Crippen LogP contribution >= 0.6 is 11.6 Å². The van der Waals surface area contributed by atoms with E-state index in [9.17, 15) is 0 Å². The van der Waals surface area contributed by atoms with Crippen LogP contribution in [0.15, 0.2) is 18.2 Å². The Morgan fingerprint density at radius 3 is 2.67 bits per heavy atom. The van der Waals surface area contributed by atoms with Gasteiger partial charge in [0.15, 0.2) is 0 Å². The van der Waals surface area contributed by atoms with E-state index >= 15 is 0 Å². The van der Waals surface area contributed by atoms with E-state index in [0.717, 1.165) is 22.5 Å². The first kappa shape index (κ1) is 13.1. The first-order valence-electron chi connectivity index (χ1n) is 5.97. The van der Waals surface area contributed by atoms with Gasteiger partial charge in [-0.25, -0.2) is 4.68 Å². The molecule has 1 heterocycles. The quantitative estimate of drug-likeness (QED) is 0.926. The van der Waals surface area contributed by atoms with Crippen molar-refractivity contribution in [2.75, 3.05) is 6.61 Å². The van der Waals surface area contributed by atoms with E-state index in [-0.39, 0.29) is 6.61 Å². The fourth-order valence-corrected chi connectivity index (χ4v) is 2.41. The third kappa shape index (κ3) is 2.16. The van der Waals surface area contributed by atoms with Gasteiger partial charge in [0.05, 0.1) is 11.4 Å². The maximum Gasteiger partial charge on any atom is 0.136 e. The normalized spacial score (nSPS) is 10.9. The Morgan fingerprint density at radius 1 is 1.28 bits per heavy atom. The van der Waals surface area contributed by atoms with Crippen LogP contribution in [0.2, 0.25) is 5.15 Å². The van der Waals surface area contributed by atoms with Crippen molar-refractivity contribution in [3.8, 4) is 5.69 Å². The average molecular weight is 265 g/mol. The molecule has 0 saturated heterocycles. The topological polar surface area (TPSA) is 38.0 Å². The number of halogens is 1. The van der Waals surface area contributed by atoms with Crippen molar-refractivity contribution in [1.82, 2.24) is 9.78 Å². The zero-order chi connectivity index (χ0) is 13.3. The molecule has 0 unspecified atom stereocenters. The van der Waals surface area contributed by atoms with Gasteiger partial charge in [0, 0.05) is 18.6 Å². The molecule has 0 spiro atoms. The highest BCUT2D eigenvalue weighted by Gasteiger charge is 2.15. The van der Waals surface area contributed by atoms with E-state index in [4.69, 9.17) is 16.7 Å². The molecule has 0 fully saturated rings. The van der Waals surface area contributed by atoms with Crippen molar-refractivity contribution in [2.45, 2.75) is 27.2 Å². The summed E-state index contributed by atoms with van der Waals surface area (Å²) in [4.78, 5) is 0. The van der Waals surface area contributed by atoms with Crippen LogP contribution in [0.5, 0.6) is 0 Å². The maximum atomic E-state index is 9.05. The number of aromatic nitrogens is 2. The first-order chi connectivity index (χ1) is 8.56. The van der Waals surface area contributed by atoms with Gasteiger partial charge >= 0.3 is 0 Å². The van der Waals surface area contributed by atoms with Gasteiger partial charge in [-0.1, -0.05) is 23.7 Å². The number of aryl methyl sites for hydroxylation is 2. The van der Waals surface area contributed by atoms with Crippen molar-refractivity contribution < 1.29 is 5.11 Å². The molecule has 2 aromatic rings. The first-order valence-corrected chi connectivity index (χ1v) is 6.35. The lowest BCUT2D eigenvalue weighted by molar-refractivity contribution is 0.299. The number of aliphatic hydroxyl groups excluding tert-OH is 1. The van der Waals surface area contributed by atoms with Crippen LogP contribution in [0.1, 0.15) is 22.4 Å². The van der Waals surface area contributed by atoms with Crippen molar-refractivity contribution >= 4 is 11.6 Å². The van der Waals surface area contributed by atoms with Gasteiger partial charge in [0.2, 0.25) is 0 Å². The Bertz CT molecular complexity index is 575. The minimum atomic E-state index is 0.0824. The van der Waals surface area contributed by atoms with Gasteiger partial charge in [0.25, 0.3) is 0 Å². The molecule has 0 saturated carbocycles. The lowest BCUT2D eigenvalue weighted by Gasteiger charge is -2.09. The molecule has 1 aromatic heterocycles. The van der Waals surface area contributed by atoms with Gasteiger partial charge in [-0.15, -0.1) is 0 Å². The van der Waals surface area contributed by atoms with Crippen LogP contribution in [0, 0.1) is 20.8 Å². The predicted octanol–water partition coefficient (Wildman–Crippen LogP) is 2.99. The summed E-state index contributed by atoms with van der Waals surface area (Å²) in [5.41, 5.74) is 5.15. The summed E-state index contributed by atoms with van der Waals surface area (Å²) in [5.74, 6) is 0. The summed E-state index contributed by atoms with van der Waals surface area (Å²) in [6.07, 6.45) is 0.537. The van der Waals surface area contributed by atoms with Gasteiger partial charge in [-0.05, 0) is 38.0 Å². The Kier molecular flexibility index (Phi) is 3.73. The number of nitrogens with zero attached hydrogens (tertiary/aromatic N) is 2. The summed E-state index contributed by atoms with van der Waals surface area (Å²) >= 11 is 6.36. The predicted molar refractivity (Wildman–Crippen MR) is 73.6 cm³/mol. The summed E-state index contributed by atoms with van der Waals surface area (Å²) < 4.78 is 1.75. The zero-order valence-corrected chi connectivity index (χ0v) is 11.6. The van der Waals surface area contributed by atoms with Crippen LogP contribution in [0.4, 0.5) is 0 Å². The van der Waals surface area contributed by atoms with Crippen molar-refractivity contribution in [2.24, 2.45) is 0 Å². The third-order valence-corrected chi connectivity index (χ3v) is 3.68. The highest BCUT2D eigenvalue weighted by atomic mass is 35.5. The minimum absolute atomic E-state index is 0.0824. The van der Waals surface area contributed by atoms with Crippen molar-refractivity contribution in [1.29, 1.82) is 0 Å². The van der Waals surface area contributed by atoms with E-state index in [0.29, 0.717) is 11.6 Å². The standard InChI is InChI=1S/C14H17ClN2O/c1-9-5-4-6-13(10(9)2)17-14(15)12(7-8-18)11(3)16-17/h4-6,18H,7-8H2,1-3H3. The molecule has 0 aliphatic carbocycles. The molecule has 3 nitrogen and oxygen atoms in total. The summed E-state index contributed by atoms with van der Waals surface area (Å²) in [7, 11) is 0. The fourth-order valence-electron chi connectivity index (χ4n) is 2.05. The summed E-state index contributed by atoms with van der Waals surface area (Å²) in [5, 5.41) is 14.1. The Morgan fingerprint density at radius 2 is 2.00 bits per heavy atom. The molecular formula is C14H17ClN2O. The summed E-state index contributed by atoms with van der Waals surface area (Å²) in [6, 6.07) is 6.07. The Hall–Kier alpha value is -1.32. The SMILES string of the molecule is Cc1cccc(-n2nc(C)c(CCO)c2Cl)c1C. The maximum absolute atomic E-state index is 9.05. The lowest BCUT2D eigenvalue weighted by Crippen LogP contribution is -2.01. The Labute approximate surface area is 112 Å². The fraction of sp³-hybridized carbons (Fsp3) is 0.357. The summed E-state index contributed by atoms with van der Waals surface area (Å²) in [6.45, 7) is 6.12. The van der Waals surface area contributed by atoms with Crippen LogP contribution < -0.4 is 0 Å². The molecule has 1 N–H and O–H groups in total. The number of hydrogen-bond donors (Lipinski definition) is 1. The highest BCUT2D eigenvalue weighted by molar-refractivity contribution is 6.30. The smallest absolute Gasteiger partial charge is 0.136 e. The van der Waals surface area contributed by atoms with Gasteiger partial charge in [0.1, 0.15) is 5.15 Å². The molecule has 1 aromatic carbocycles. The lowest BCUT2D eigenvalue weighted by atomic mass is 10.1. The van der Waals surface area contributed by atoms with Gasteiger partial charge in [-0.3, -0.25) is 0 Å². The second-order valence-electron chi connectivity index (χ2n) is 4.46. The monoisotopic (exact) mass is 264 g/mol. The molecular weight excluding hydrogens is 248 g/mol. The van der Waals surface area contributed by atoms with Crippen molar-refractivity contribution in [3.63, 3.8) is 0 Å². The molecule has 18 heavy (non-hydrogen) atoms. The molecule has 0 atom stereocenters. The molecule has 0 aliphatic rings. The molecule has 0 radical (unpaired) electrons. The Balaban J connectivity index is 2.58. The van der Waals surface area contributed by atoms with Crippen LogP contribution in [-0.2, 0) is 6.42 Å². The molecule has 4 heteroatoms. The zero-order valence-electron chi connectivity index (χ0n) is 10.9. The van der Waals surface area contributed by atoms with Crippen molar-refractivity contribution in [3.05, 3.63) is 45.7 Å². The highest BCUT2D eigenvalue weighted by Crippen LogP contribution is 2.26. The van der Waals surface area contributed by atoms with E-state index in [1.807, 2.05) is 19.1 Å².